The number of amidine groups is 1. The van der Waals surface area contributed by atoms with Crippen LogP contribution in [0.2, 0.25) is 0 Å². The molecule has 4 rings (SSSR count). The molecule has 2 unspecified atom stereocenters. The zero-order valence-electron chi connectivity index (χ0n) is 19.6. The molecule has 2 aliphatic heterocycles. The van der Waals surface area contributed by atoms with Gasteiger partial charge in [-0.15, -0.1) is 0 Å². The number of nitrogens with two attached hydrogens (primary N) is 1. The van der Waals surface area contributed by atoms with Crippen LogP contribution < -0.4 is 21.3 Å². The van der Waals surface area contributed by atoms with Gasteiger partial charge in [0.2, 0.25) is 5.95 Å². The molecule has 1 fully saturated rings. The molecule has 0 saturated carbocycles. The lowest BCUT2D eigenvalue weighted by atomic mass is 9.99. The van der Waals surface area contributed by atoms with Crippen molar-refractivity contribution >= 4 is 23.2 Å². The van der Waals surface area contributed by atoms with Gasteiger partial charge in [0.25, 0.3) is 0 Å². The van der Waals surface area contributed by atoms with E-state index in [9.17, 15) is 0 Å². The van der Waals surface area contributed by atoms with E-state index in [1.165, 1.54) is 0 Å². The number of rotatable bonds is 8. The summed E-state index contributed by atoms with van der Waals surface area (Å²) in [4.78, 5) is 15.8. The molecule has 0 amide bonds. The van der Waals surface area contributed by atoms with E-state index in [4.69, 9.17) is 10.7 Å². The van der Waals surface area contributed by atoms with Crippen molar-refractivity contribution in [1.29, 1.82) is 0 Å². The Hall–Kier alpha value is -3.46. The number of allylic oxidation sites excluding steroid dienone is 1. The molecule has 33 heavy (non-hydrogen) atoms. The number of aliphatic imine (C=N–C) groups is 1. The van der Waals surface area contributed by atoms with E-state index in [0.29, 0.717) is 18.5 Å². The van der Waals surface area contributed by atoms with E-state index >= 15 is 0 Å². The molecule has 2 aromatic rings. The van der Waals surface area contributed by atoms with Gasteiger partial charge in [0.1, 0.15) is 11.7 Å². The van der Waals surface area contributed by atoms with Crippen LogP contribution in [0.1, 0.15) is 38.8 Å². The van der Waals surface area contributed by atoms with Gasteiger partial charge in [-0.1, -0.05) is 6.58 Å². The van der Waals surface area contributed by atoms with E-state index in [1.54, 1.807) is 12.4 Å². The molecular weight excluding hydrogens is 414 g/mol. The standard InChI is InChI=1S/C24H33N9/c1-5-26-23-20(6-9-27-23)17(4)19-13-29-33(15-19)21(12-25)18-8-11-32(14-18)24-28-10-7-22(31-24)30-16(2)3/h5-7,9-10,13,15-16,18,21H,1,8,11-12,14,25H2,2-4H3,(H,26,27)(H,28,30,31)/b20-17+. The zero-order chi connectivity index (χ0) is 23.4. The Balaban J connectivity index is 1.48. The van der Waals surface area contributed by atoms with Gasteiger partial charge < -0.3 is 21.3 Å². The summed E-state index contributed by atoms with van der Waals surface area (Å²) in [7, 11) is 0. The third-order valence-corrected chi connectivity index (χ3v) is 6.09. The fourth-order valence-corrected chi connectivity index (χ4v) is 4.39. The quantitative estimate of drug-likeness (QED) is 0.571. The first-order valence-electron chi connectivity index (χ1n) is 11.4. The summed E-state index contributed by atoms with van der Waals surface area (Å²) in [5, 5.41) is 11.1. The Morgan fingerprint density at radius 1 is 1.39 bits per heavy atom. The lowest BCUT2D eigenvalue weighted by molar-refractivity contribution is 0.334. The molecule has 9 heteroatoms. The Morgan fingerprint density at radius 2 is 2.24 bits per heavy atom. The van der Waals surface area contributed by atoms with Crippen molar-refractivity contribution in [3.8, 4) is 0 Å². The first-order chi connectivity index (χ1) is 16.0. The highest BCUT2D eigenvalue weighted by Crippen LogP contribution is 2.31. The molecule has 2 aliphatic rings. The predicted octanol–water partition coefficient (Wildman–Crippen LogP) is 2.95. The van der Waals surface area contributed by atoms with Crippen LogP contribution in [0.15, 0.2) is 60.3 Å². The maximum atomic E-state index is 6.23. The number of hydrogen-bond donors (Lipinski definition) is 3. The summed E-state index contributed by atoms with van der Waals surface area (Å²) >= 11 is 0. The minimum Gasteiger partial charge on any atom is -0.368 e. The molecule has 9 nitrogen and oxygen atoms in total. The third-order valence-electron chi connectivity index (χ3n) is 6.09. The second kappa shape index (κ2) is 9.99. The average Bonchev–Trinajstić information content (AvgIpc) is 3.55. The van der Waals surface area contributed by atoms with Crippen molar-refractivity contribution in [2.24, 2.45) is 16.6 Å². The molecule has 2 aromatic heterocycles. The van der Waals surface area contributed by atoms with Crippen molar-refractivity contribution < 1.29 is 0 Å². The van der Waals surface area contributed by atoms with Crippen LogP contribution in [0.4, 0.5) is 11.8 Å². The highest BCUT2D eigenvalue weighted by atomic mass is 15.3. The molecular formula is C24H33N9. The first-order valence-corrected chi connectivity index (χ1v) is 11.4. The molecule has 174 valence electrons. The number of nitrogens with one attached hydrogen (secondary N) is 2. The molecule has 0 aromatic carbocycles. The van der Waals surface area contributed by atoms with Crippen molar-refractivity contribution in [3.63, 3.8) is 0 Å². The van der Waals surface area contributed by atoms with E-state index < -0.39 is 0 Å². The van der Waals surface area contributed by atoms with Gasteiger partial charge in [0, 0.05) is 61.3 Å². The summed E-state index contributed by atoms with van der Waals surface area (Å²) in [5.41, 5.74) is 9.43. The Labute approximate surface area is 195 Å². The van der Waals surface area contributed by atoms with Crippen molar-refractivity contribution in [1.82, 2.24) is 25.1 Å². The van der Waals surface area contributed by atoms with Crippen molar-refractivity contribution in [3.05, 3.63) is 60.8 Å². The molecule has 0 aliphatic carbocycles. The molecule has 1 saturated heterocycles. The fraction of sp³-hybridized carbons (Fsp3) is 0.417. The van der Waals surface area contributed by atoms with Gasteiger partial charge >= 0.3 is 0 Å². The smallest absolute Gasteiger partial charge is 0.227 e. The largest absolute Gasteiger partial charge is 0.368 e. The summed E-state index contributed by atoms with van der Waals surface area (Å²) in [6.45, 7) is 12.3. The lowest BCUT2D eigenvalue weighted by Crippen LogP contribution is -2.30. The maximum Gasteiger partial charge on any atom is 0.227 e. The first kappa shape index (κ1) is 22.7. The van der Waals surface area contributed by atoms with E-state index in [2.05, 4.69) is 64.2 Å². The minimum absolute atomic E-state index is 0.108. The van der Waals surface area contributed by atoms with Gasteiger partial charge in [-0.25, -0.2) is 9.98 Å². The summed E-state index contributed by atoms with van der Waals surface area (Å²) in [6.07, 6.45) is 12.2. The summed E-state index contributed by atoms with van der Waals surface area (Å²) in [5.74, 6) is 2.78. The fourth-order valence-electron chi connectivity index (χ4n) is 4.39. The molecule has 4 heterocycles. The minimum atomic E-state index is 0.108. The summed E-state index contributed by atoms with van der Waals surface area (Å²) in [6, 6.07) is 2.34. The van der Waals surface area contributed by atoms with Gasteiger partial charge in [-0.05, 0) is 51.1 Å². The van der Waals surface area contributed by atoms with E-state index in [1.807, 2.05) is 29.2 Å². The van der Waals surface area contributed by atoms with Crippen molar-refractivity contribution in [2.45, 2.75) is 39.3 Å². The van der Waals surface area contributed by atoms with Crippen LogP contribution in [-0.2, 0) is 0 Å². The van der Waals surface area contributed by atoms with Crippen LogP contribution in [0.3, 0.4) is 0 Å². The van der Waals surface area contributed by atoms with Gasteiger partial charge in [-0.3, -0.25) is 4.68 Å². The maximum absolute atomic E-state index is 6.23. The topological polar surface area (TPSA) is 109 Å². The van der Waals surface area contributed by atoms with Crippen LogP contribution in [-0.4, -0.2) is 51.3 Å². The number of hydrogen-bond acceptors (Lipinski definition) is 8. The number of aromatic nitrogens is 4. The van der Waals surface area contributed by atoms with Crippen LogP contribution in [0.5, 0.6) is 0 Å². The zero-order valence-corrected chi connectivity index (χ0v) is 19.6. The van der Waals surface area contributed by atoms with Gasteiger partial charge in [0.05, 0.1) is 12.2 Å². The van der Waals surface area contributed by atoms with E-state index in [-0.39, 0.29) is 6.04 Å². The summed E-state index contributed by atoms with van der Waals surface area (Å²) < 4.78 is 2.02. The van der Waals surface area contributed by atoms with Gasteiger partial charge in [0.15, 0.2) is 0 Å². The highest BCUT2D eigenvalue weighted by molar-refractivity contribution is 6.09. The average molecular weight is 448 g/mol. The SMILES string of the molecule is C=CNC1=NC=C/C1=C(/C)c1cnn(C(CN)C2CCN(c3nccc(NC(C)C)n3)C2)c1. The monoisotopic (exact) mass is 447 g/mol. The van der Waals surface area contributed by atoms with Crippen LogP contribution >= 0.6 is 0 Å². The molecule has 0 bridgehead atoms. The van der Waals surface area contributed by atoms with Crippen LogP contribution in [0, 0.1) is 5.92 Å². The third kappa shape index (κ3) is 4.98. The predicted molar refractivity (Wildman–Crippen MR) is 134 cm³/mol. The van der Waals surface area contributed by atoms with Crippen molar-refractivity contribution in [2.75, 3.05) is 29.9 Å². The second-order valence-electron chi connectivity index (χ2n) is 8.73. The Kier molecular flexibility index (Phi) is 6.88. The normalized spacial score (nSPS) is 20.2. The van der Waals surface area contributed by atoms with Crippen LogP contribution in [0.25, 0.3) is 5.57 Å². The second-order valence-corrected chi connectivity index (χ2v) is 8.73. The molecule has 4 N–H and O–H groups in total. The highest BCUT2D eigenvalue weighted by Gasteiger charge is 2.32. The Bertz CT molecular complexity index is 1080. The molecule has 0 spiro atoms. The van der Waals surface area contributed by atoms with Gasteiger partial charge in [-0.2, -0.15) is 10.1 Å². The molecule has 2 atom stereocenters. The lowest BCUT2D eigenvalue weighted by Gasteiger charge is -2.23. The number of anilines is 2. The van der Waals surface area contributed by atoms with E-state index in [0.717, 1.165) is 53.8 Å². The molecule has 0 radical (unpaired) electrons. The Morgan fingerprint density at radius 3 is 3.00 bits per heavy atom. The number of nitrogens with zero attached hydrogens (tertiary/aromatic N) is 6.